The van der Waals surface area contributed by atoms with Crippen molar-refractivity contribution >= 4 is 40.8 Å². The van der Waals surface area contributed by atoms with Crippen molar-refractivity contribution in [3.8, 4) is 0 Å². The number of hydrogen-bond donors (Lipinski definition) is 2. The maximum absolute atomic E-state index is 13.5. The molecule has 0 bridgehead atoms. The number of halogens is 2. The molecular weight excluding hydrogens is 458 g/mol. The van der Waals surface area contributed by atoms with Gasteiger partial charge in [-0.25, -0.2) is 4.39 Å². The van der Waals surface area contributed by atoms with Crippen LogP contribution >= 0.6 is 24.0 Å². The van der Waals surface area contributed by atoms with Crippen LogP contribution in [-0.4, -0.2) is 56.2 Å². The predicted molar refractivity (Wildman–Crippen MR) is 120 cm³/mol. The van der Waals surface area contributed by atoms with E-state index in [4.69, 9.17) is 4.74 Å². The Labute approximate surface area is 177 Å². The maximum atomic E-state index is 13.5. The van der Waals surface area contributed by atoms with E-state index < -0.39 is 0 Å². The molecule has 1 aromatic carbocycles. The number of guanidine groups is 1. The fraction of sp³-hybridized carbons (Fsp3) is 0.550. The third-order valence-electron chi connectivity index (χ3n) is 5.19. The van der Waals surface area contributed by atoms with Crippen molar-refractivity contribution in [3.63, 3.8) is 0 Å². The monoisotopic (exact) mass is 488 g/mol. The number of aliphatic imine (C=N–C) groups is 1. The number of nitrogens with zero attached hydrogens (tertiary/aromatic N) is 2. The average Bonchev–Trinajstić information content (AvgIpc) is 3.06. The van der Waals surface area contributed by atoms with Crippen LogP contribution in [0.1, 0.15) is 24.8 Å². The number of ether oxygens (including phenoxy) is 1. The zero-order valence-electron chi connectivity index (χ0n) is 16.1. The van der Waals surface area contributed by atoms with E-state index in [-0.39, 0.29) is 29.8 Å². The summed E-state index contributed by atoms with van der Waals surface area (Å²) in [7, 11) is 3.89. The van der Waals surface area contributed by atoms with Crippen LogP contribution in [-0.2, 0) is 11.2 Å². The van der Waals surface area contributed by atoms with Crippen LogP contribution in [0, 0.1) is 11.7 Å². The van der Waals surface area contributed by atoms with E-state index >= 15 is 0 Å². The van der Waals surface area contributed by atoms with Gasteiger partial charge in [0.25, 0.3) is 0 Å². The minimum atomic E-state index is -0.199. The number of fused-ring (bicyclic) bond motifs is 1. The Morgan fingerprint density at radius 3 is 2.89 bits per heavy atom. The number of nitrogens with one attached hydrogen (secondary N) is 2. The van der Waals surface area contributed by atoms with Gasteiger partial charge in [-0.1, -0.05) is 0 Å². The molecule has 2 N–H and O–H groups in total. The van der Waals surface area contributed by atoms with Gasteiger partial charge in [0.2, 0.25) is 0 Å². The third-order valence-corrected chi connectivity index (χ3v) is 5.19. The van der Waals surface area contributed by atoms with Crippen molar-refractivity contribution in [2.75, 3.05) is 40.4 Å². The van der Waals surface area contributed by atoms with Gasteiger partial charge in [-0.3, -0.25) is 4.99 Å². The Morgan fingerprint density at radius 1 is 1.37 bits per heavy atom. The average molecular weight is 488 g/mol. The Balaban J connectivity index is 0.00000261. The summed E-state index contributed by atoms with van der Waals surface area (Å²) in [6, 6.07) is 4.86. The van der Waals surface area contributed by atoms with E-state index in [0.717, 1.165) is 73.9 Å². The van der Waals surface area contributed by atoms with Crippen molar-refractivity contribution in [1.82, 2.24) is 15.2 Å². The zero-order valence-corrected chi connectivity index (χ0v) is 18.5. The van der Waals surface area contributed by atoms with Gasteiger partial charge in [0.15, 0.2) is 5.96 Å². The Hall–Kier alpha value is -1.35. The van der Waals surface area contributed by atoms with Crippen molar-refractivity contribution < 1.29 is 9.13 Å². The maximum Gasteiger partial charge on any atom is 0.193 e. The molecule has 1 aliphatic heterocycles. The quantitative estimate of drug-likeness (QED) is 0.370. The second kappa shape index (κ2) is 10.8. The zero-order chi connectivity index (χ0) is 18.4. The van der Waals surface area contributed by atoms with Gasteiger partial charge in [0.1, 0.15) is 5.82 Å². The molecular formula is C20H30FIN4O. The van der Waals surface area contributed by atoms with Gasteiger partial charge in [-0.15, -0.1) is 24.0 Å². The summed E-state index contributed by atoms with van der Waals surface area (Å²) in [5.74, 6) is 1.46. The first kappa shape index (κ1) is 21.9. The summed E-state index contributed by atoms with van der Waals surface area (Å²) < 4.78 is 18.9. The molecule has 2 aromatic rings. The Morgan fingerprint density at radius 2 is 2.15 bits per heavy atom. The Bertz CT molecular complexity index is 743. The molecule has 1 aliphatic rings. The smallest absolute Gasteiger partial charge is 0.193 e. The molecule has 0 unspecified atom stereocenters. The van der Waals surface area contributed by atoms with E-state index in [1.54, 1.807) is 12.1 Å². The van der Waals surface area contributed by atoms with Crippen molar-refractivity contribution in [2.24, 2.45) is 10.9 Å². The first-order valence-corrected chi connectivity index (χ1v) is 9.42. The lowest BCUT2D eigenvalue weighted by molar-refractivity contribution is 0.0625. The summed E-state index contributed by atoms with van der Waals surface area (Å²) in [4.78, 5) is 9.77. The summed E-state index contributed by atoms with van der Waals surface area (Å²) in [5, 5.41) is 4.37. The molecule has 1 fully saturated rings. The molecule has 7 heteroatoms. The predicted octanol–water partition coefficient (Wildman–Crippen LogP) is 3.79. The molecule has 150 valence electrons. The number of hydrogen-bond acceptors (Lipinski definition) is 2. The molecule has 0 atom stereocenters. The topological polar surface area (TPSA) is 52.7 Å². The van der Waals surface area contributed by atoms with E-state index in [0.29, 0.717) is 0 Å². The highest BCUT2D eigenvalue weighted by Crippen LogP contribution is 2.20. The van der Waals surface area contributed by atoms with E-state index in [9.17, 15) is 4.39 Å². The van der Waals surface area contributed by atoms with Crippen molar-refractivity contribution in [2.45, 2.75) is 25.7 Å². The van der Waals surface area contributed by atoms with Gasteiger partial charge in [0, 0.05) is 57.5 Å². The van der Waals surface area contributed by atoms with Crippen molar-refractivity contribution in [3.05, 3.63) is 35.8 Å². The summed E-state index contributed by atoms with van der Waals surface area (Å²) in [5.41, 5.74) is 2.09. The highest BCUT2D eigenvalue weighted by Gasteiger charge is 2.15. The third kappa shape index (κ3) is 6.07. The van der Waals surface area contributed by atoms with Gasteiger partial charge >= 0.3 is 0 Å². The van der Waals surface area contributed by atoms with Gasteiger partial charge in [0.05, 0.1) is 0 Å². The fourth-order valence-electron chi connectivity index (χ4n) is 3.57. The van der Waals surface area contributed by atoms with Crippen LogP contribution in [0.3, 0.4) is 0 Å². The highest BCUT2D eigenvalue weighted by atomic mass is 127. The standard InChI is InChI=1S/C20H29FN4O.HI/c1-22-20(25(2)10-6-15-7-11-26-12-8-15)23-9-5-16-14-24-19-4-3-17(21)13-18(16)19;/h3-4,13-15,24H,5-12H2,1-2H3,(H,22,23);1H. The number of benzene rings is 1. The Kier molecular flexibility index (Phi) is 8.82. The molecule has 1 saturated heterocycles. The molecule has 5 nitrogen and oxygen atoms in total. The highest BCUT2D eigenvalue weighted by molar-refractivity contribution is 14.0. The first-order valence-electron chi connectivity index (χ1n) is 9.42. The molecule has 0 spiro atoms. The summed E-state index contributed by atoms with van der Waals surface area (Å²) >= 11 is 0. The minimum Gasteiger partial charge on any atom is -0.381 e. The molecule has 0 amide bonds. The van der Waals surface area contributed by atoms with Crippen LogP contribution in [0.25, 0.3) is 10.9 Å². The number of H-pyrrole nitrogens is 1. The SMILES string of the molecule is CN=C(NCCc1c[nH]c2ccc(F)cc12)N(C)CCC1CCOCC1.I. The minimum absolute atomic E-state index is 0. The molecule has 2 heterocycles. The molecule has 27 heavy (non-hydrogen) atoms. The van der Waals surface area contributed by atoms with E-state index in [1.807, 2.05) is 13.2 Å². The molecule has 0 saturated carbocycles. The van der Waals surface area contributed by atoms with Gasteiger partial charge in [-0.2, -0.15) is 0 Å². The molecule has 3 rings (SSSR count). The number of rotatable bonds is 6. The van der Waals surface area contributed by atoms with Crippen LogP contribution in [0.5, 0.6) is 0 Å². The lowest BCUT2D eigenvalue weighted by Gasteiger charge is -2.26. The number of aromatic nitrogens is 1. The van der Waals surface area contributed by atoms with Crippen LogP contribution in [0.2, 0.25) is 0 Å². The lowest BCUT2D eigenvalue weighted by atomic mass is 9.96. The van der Waals surface area contributed by atoms with E-state index in [2.05, 4.69) is 27.2 Å². The molecule has 0 aliphatic carbocycles. The second-order valence-corrected chi connectivity index (χ2v) is 6.99. The van der Waals surface area contributed by atoms with E-state index in [1.165, 1.54) is 12.5 Å². The van der Waals surface area contributed by atoms with Crippen LogP contribution in [0.15, 0.2) is 29.4 Å². The normalized spacial score (nSPS) is 15.6. The fourth-order valence-corrected chi connectivity index (χ4v) is 3.57. The van der Waals surface area contributed by atoms with Crippen molar-refractivity contribution in [1.29, 1.82) is 0 Å². The molecule has 0 radical (unpaired) electrons. The summed E-state index contributed by atoms with van der Waals surface area (Å²) in [6.07, 6.45) is 6.27. The first-order chi connectivity index (χ1) is 12.7. The molecule has 1 aromatic heterocycles. The van der Waals surface area contributed by atoms with Crippen LogP contribution < -0.4 is 5.32 Å². The second-order valence-electron chi connectivity index (χ2n) is 6.99. The lowest BCUT2D eigenvalue weighted by Crippen LogP contribution is -2.40. The largest absolute Gasteiger partial charge is 0.381 e. The van der Waals surface area contributed by atoms with Crippen LogP contribution in [0.4, 0.5) is 4.39 Å². The number of aromatic amines is 1. The van der Waals surface area contributed by atoms with Gasteiger partial charge in [-0.05, 0) is 55.4 Å². The van der Waals surface area contributed by atoms with Gasteiger partial charge < -0.3 is 19.9 Å². The summed E-state index contributed by atoms with van der Waals surface area (Å²) in [6.45, 7) is 3.54.